The van der Waals surface area contributed by atoms with Crippen molar-refractivity contribution in [3.05, 3.63) is 64.7 Å². The molecule has 0 aromatic heterocycles. The number of anilines is 1. The van der Waals surface area contributed by atoms with Crippen molar-refractivity contribution in [3.63, 3.8) is 0 Å². The first-order valence-electron chi connectivity index (χ1n) is 9.99. The predicted molar refractivity (Wildman–Crippen MR) is 117 cm³/mol. The highest BCUT2D eigenvalue weighted by molar-refractivity contribution is 5.92. The Labute approximate surface area is 168 Å². The molecule has 0 bridgehead atoms. The van der Waals surface area contributed by atoms with E-state index in [1.54, 1.807) is 0 Å². The Morgan fingerprint density at radius 1 is 1.07 bits per heavy atom. The molecule has 1 aliphatic rings. The molecule has 2 aromatic carbocycles. The average molecular weight is 381 g/mol. The summed E-state index contributed by atoms with van der Waals surface area (Å²) in [5.74, 6) is 0.438. The van der Waals surface area contributed by atoms with Crippen LogP contribution in [-0.4, -0.2) is 36.2 Å². The molecular weight excluding hydrogens is 348 g/mol. The molecule has 0 saturated carbocycles. The Balaban J connectivity index is 1.66. The van der Waals surface area contributed by atoms with E-state index < -0.39 is 0 Å². The fourth-order valence-corrected chi connectivity index (χ4v) is 3.92. The minimum absolute atomic E-state index is 0.270. The molecule has 5 nitrogen and oxygen atoms in total. The van der Waals surface area contributed by atoms with Crippen LogP contribution in [0.5, 0.6) is 0 Å². The van der Waals surface area contributed by atoms with E-state index in [0.717, 1.165) is 25.3 Å². The summed E-state index contributed by atoms with van der Waals surface area (Å²) in [4.78, 5) is 7.03. The van der Waals surface area contributed by atoms with E-state index in [1.807, 2.05) is 0 Å². The van der Waals surface area contributed by atoms with Crippen LogP contribution in [0.15, 0.2) is 47.5 Å². The molecule has 150 valence electrons. The summed E-state index contributed by atoms with van der Waals surface area (Å²) in [6, 6.07) is 14.8. The first kappa shape index (κ1) is 20.4. The molecule has 0 aliphatic carbocycles. The van der Waals surface area contributed by atoms with E-state index in [0.29, 0.717) is 12.5 Å². The lowest BCUT2D eigenvalue weighted by Gasteiger charge is -2.35. The molecule has 0 amide bonds. The number of ether oxygens (including phenoxy) is 1. The molecule has 0 radical (unpaired) electrons. The summed E-state index contributed by atoms with van der Waals surface area (Å²) in [7, 11) is 0. The molecule has 1 aliphatic heterocycles. The Morgan fingerprint density at radius 3 is 2.32 bits per heavy atom. The van der Waals surface area contributed by atoms with Gasteiger partial charge in [0.05, 0.1) is 18.8 Å². The Kier molecular flexibility index (Phi) is 6.70. The van der Waals surface area contributed by atoms with E-state index in [9.17, 15) is 0 Å². The molecule has 3 rings (SSSR count). The van der Waals surface area contributed by atoms with Crippen molar-refractivity contribution >= 4 is 11.6 Å². The van der Waals surface area contributed by atoms with Crippen molar-refractivity contribution < 1.29 is 4.74 Å². The van der Waals surface area contributed by atoms with Crippen molar-refractivity contribution in [1.82, 2.24) is 4.90 Å². The van der Waals surface area contributed by atoms with Crippen LogP contribution in [0.3, 0.4) is 0 Å². The number of nitrogens with zero attached hydrogens (tertiary/aromatic N) is 2. The summed E-state index contributed by atoms with van der Waals surface area (Å²) in [5.41, 5.74) is 12.0. The summed E-state index contributed by atoms with van der Waals surface area (Å²) < 4.78 is 5.85. The van der Waals surface area contributed by atoms with Gasteiger partial charge in [0.1, 0.15) is 0 Å². The largest absolute Gasteiger partial charge is 0.373 e. The van der Waals surface area contributed by atoms with E-state index in [1.165, 1.54) is 22.3 Å². The topological polar surface area (TPSA) is 62.9 Å². The van der Waals surface area contributed by atoms with Crippen LogP contribution in [0.2, 0.25) is 0 Å². The van der Waals surface area contributed by atoms with Crippen LogP contribution in [-0.2, 0) is 17.8 Å². The lowest BCUT2D eigenvalue weighted by molar-refractivity contribution is -0.0705. The zero-order chi connectivity index (χ0) is 20.1. The van der Waals surface area contributed by atoms with E-state index >= 15 is 0 Å². The van der Waals surface area contributed by atoms with Crippen molar-refractivity contribution in [2.75, 3.05) is 18.4 Å². The van der Waals surface area contributed by atoms with Gasteiger partial charge in [0.25, 0.3) is 0 Å². The van der Waals surface area contributed by atoms with Crippen molar-refractivity contribution in [1.29, 1.82) is 0 Å². The molecular formula is C23H32N4O. The monoisotopic (exact) mass is 380 g/mol. The molecule has 1 saturated heterocycles. The molecule has 5 heteroatoms. The van der Waals surface area contributed by atoms with Gasteiger partial charge in [-0.05, 0) is 62.1 Å². The molecule has 2 aromatic rings. The number of aryl methyl sites for hydroxylation is 2. The SMILES string of the molecule is Cc1cc(C)cc(NC(N)=NCc2ccccc2CN2CC(C)OC(C)C2)c1. The lowest BCUT2D eigenvalue weighted by atomic mass is 10.1. The second-order valence-electron chi connectivity index (χ2n) is 7.92. The quantitative estimate of drug-likeness (QED) is 0.611. The summed E-state index contributed by atoms with van der Waals surface area (Å²) in [5, 5.41) is 3.21. The Morgan fingerprint density at radius 2 is 1.68 bits per heavy atom. The number of hydrogen-bond acceptors (Lipinski definition) is 3. The Hall–Kier alpha value is -2.37. The van der Waals surface area contributed by atoms with Crippen LogP contribution in [0.4, 0.5) is 5.69 Å². The normalized spacial score (nSPS) is 20.9. The second-order valence-corrected chi connectivity index (χ2v) is 7.92. The minimum Gasteiger partial charge on any atom is -0.373 e. The number of nitrogens with two attached hydrogens (primary N) is 1. The number of nitrogens with one attached hydrogen (secondary N) is 1. The predicted octanol–water partition coefficient (Wildman–Crippen LogP) is 3.84. The number of benzene rings is 2. The van der Waals surface area contributed by atoms with Crippen LogP contribution in [0.25, 0.3) is 0 Å². The molecule has 1 fully saturated rings. The summed E-state index contributed by atoms with van der Waals surface area (Å²) in [6.07, 6.45) is 0.540. The van der Waals surface area contributed by atoms with Crippen LogP contribution < -0.4 is 11.1 Å². The molecule has 1 heterocycles. The van der Waals surface area contributed by atoms with Crippen LogP contribution in [0, 0.1) is 13.8 Å². The summed E-state index contributed by atoms with van der Waals surface area (Å²) >= 11 is 0. The van der Waals surface area contributed by atoms with Gasteiger partial charge in [0, 0.05) is 25.3 Å². The number of hydrogen-bond donors (Lipinski definition) is 2. The molecule has 3 N–H and O–H groups in total. The fraction of sp³-hybridized carbons (Fsp3) is 0.435. The highest BCUT2D eigenvalue weighted by atomic mass is 16.5. The zero-order valence-electron chi connectivity index (χ0n) is 17.4. The maximum absolute atomic E-state index is 6.14. The lowest BCUT2D eigenvalue weighted by Crippen LogP contribution is -2.44. The maximum atomic E-state index is 6.14. The van der Waals surface area contributed by atoms with Gasteiger partial charge in [-0.1, -0.05) is 30.3 Å². The minimum atomic E-state index is 0.270. The summed E-state index contributed by atoms with van der Waals surface area (Å²) in [6.45, 7) is 11.8. The van der Waals surface area contributed by atoms with Gasteiger partial charge in [-0.15, -0.1) is 0 Å². The maximum Gasteiger partial charge on any atom is 0.193 e. The third-order valence-corrected chi connectivity index (χ3v) is 4.92. The van der Waals surface area contributed by atoms with Gasteiger partial charge in [0.15, 0.2) is 5.96 Å². The van der Waals surface area contributed by atoms with E-state index in [-0.39, 0.29) is 12.2 Å². The number of guanidine groups is 1. The number of aliphatic imine (C=N–C) groups is 1. The van der Waals surface area contributed by atoms with Gasteiger partial charge in [-0.2, -0.15) is 0 Å². The molecule has 2 atom stereocenters. The van der Waals surface area contributed by atoms with Crippen molar-refractivity contribution in [2.24, 2.45) is 10.7 Å². The van der Waals surface area contributed by atoms with Crippen molar-refractivity contribution in [2.45, 2.75) is 53.0 Å². The average Bonchev–Trinajstić information content (AvgIpc) is 2.59. The molecule has 2 unspecified atom stereocenters. The highest BCUT2D eigenvalue weighted by Crippen LogP contribution is 2.18. The van der Waals surface area contributed by atoms with Gasteiger partial charge in [-0.3, -0.25) is 4.90 Å². The molecule has 0 spiro atoms. The van der Waals surface area contributed by atoms with Crippen LogP contribution in [0.1, 0.15) is 36.1 Å². The highest BCUT2D eigenvalue weighted by Gasteiger charge is 2.22. The van der Waals surface area contributed by atoms with Gasteiger partial charge in [-0.25, -0.2) is 4.99 Å². The third kappa shape index (κ3) is 5.81. The first-order chi connectivity index (χ1) is 13.4. The zero-order valence-corrected chi connectivity index (χ0v) is 17.4. The van der Waals surface area contributed by atoms with E-state index in [2.05, 4.69) is 85.4 Å². The second kappa shape index (κ2) is 9.22. The molecule has 28 heavy (non-hydrogen) atoms. The smallest absolute Gasteiger partial charge is 0.193 e. The first-order valence-corrected chi connectivity index (χ1v) is 9.99. The Bertz CT molecular complexity index is 803. The van der Waals surface area contributed by atoms with Gasteiger partial charge < -0.3 is 15.8 Å². The number of morpholine rings is 1. The standard InChI is InChI=1S/C23H32N4O/c1-16-9-17(2)11-22(10-16)26-23(24)25-12-20-7-5-6-8-21(20)15-27-13-18(3)28-19(4)14-27/h5-11,18-19H,12-15H2,1-4H3,(H3,24,25,26). The van der Waals surface area contributed by atoms with Crippen molar-refractivity contribution in [3.8, 4) is 0 Å². The van der Waals surface area contributed by atoms with Crippen LogP contribution >= 0.6 is 0 Å². The number of rotatable bonds is 5. The van der Waals surface area contributed by atoms with Gasteiger partial charge in [0.2, 0.25) is 0 Å². The fourth-order valence-electron chi connectivity index (χ4n) is 3.92. The van der Waals surface area contributed by atoms with E-state index in [4.69, 9.17) is 10.5 Å². The third-order valence-electron chi connectivity index (χ3n) is 4.92. The van der Waals surface area contributed by atoms with Gasteiger partial charge >= 0.3 is 0 Å².